The number of aromatic nitrogens is 4. The fraction of sp³-hybridized carbons (Fsp3) is 0.583. The normalized spacial score (nSPS) is 17.8. The number of piperidine rings is 1. The summed E-state index contributed by atoms with van der Waals surface area (Å²) in [6.45, 7) is 6.16. The van der Waals surface area contributed by atoms with Gasteiger partial charge >= 0.3 is 0 Å². The fourth-order valence-corrected chi connectivity index (χ4v) is 2.43. The molecule has 0 saturated carbocycles. The topological polar surface area (TPSA) is 55.1 Å². The molecule has 3 heterocycles. The molecule has 0 spiro atoms. The Morgan fingerprint density at radius 2 is 2.00 bits per heavy atom. The molecule has 0 amide bonds. The largest absolute Gasteiger partial charge is 0.317 e. The smallest absolute Gasteiger partial charge is 0.252 e. The van der Waals surface area contributed by atoms with Crippen molar-refractivity contribution < 1.29 is 0 Å². The second kappa shape index (κ2) is 4.07. The van der Waals surface area contributed by atoms with Crippen LogP contribution < -0.4 is 5.32 Å². The van der Waals surface area contributed by atoms with Gasteiger partial charge in [0, 0.05) is 17.3 Å². The number of fused-ring (bicyclic) bond motifs is 1. The molecular formula is C12H17N5. The van der Waals surface area contributed by atoms with E-state index in [0.29, 0.717) is 5.92 Å². The van der Waals surface area contributed by atoms with Crippen LogP contribution in [0.15, 0.2) is 6.07 Å². The van der Waals surface area contributed by atoms with E-state index in [1.165, 1.54) is 0 Å². The van der Waals surface area contributed by atoms with Crippen LogP contribution in [-0.4, -0.2) is 32.7 Å². The van der Waals surface area contributed by atoms with Crippen molar-refractivity contribution in [3.05, 3.63) is 23.3 Å². The summed E-state index contributed by atoms with van der Waals surface area (Å²) < 4.78 is 1.85. The Morgan fingerprint density at radius 1 is 1.24 bits per heavy atom. The summed E-state index contributed by atoms with van der Waals surface area (Å²) in [5.41, 5.74) is 2.10. The molecule has 1 aliphatic rings. The highest BCUT2D eigenvalue weighted by Gasteiger charge is 2.20. The van der Waals surface area contributed by atoms with Gasteiger partial charge in [0.05, 0.1) is 0 Å². The SMILES string of the molecule is Cc1cc(C)n2nc(C3CCNCC3)nc2n1. The molecule has 3 rings (SSSR count). The summed E-state index contributed by atoms with van der Waals surface area (Å²) >= 11 is 0. The minimum atomic E-state index is 0.484. The van der Waals surface area contributed by atoms with Gasteiger partial charge in [0.25, 0.3) is 5.78 Å². The molecular weight excluding hydrogens is 214 g/mol. The van der Waals surface area contributed by atoms with E-state index in [2.05, 4.69) is 20.4 Å². The second-order valence-electron chi connectivity index (χ2n) is 4.74. The number of hydrogen-bond donors (Lipinski definition) is 1. The van der Waals surface area contributed by atoms with Crippen molar-refractivity contribution in [2.24, 2.45) is 0 Å². The van der Waals surface area contributed by atoms with E-state index in [1.807, 2.05) is 24.4 Å². The molecule has 0 unspecified atom stereocenters. The monoisotopic (exact) mass is 231 g/mol. The zero-order valence-corrected chi connectivity index (χ0v) is 10.3. The molecule has 0 atom stereocenters. The first kappa shape index (κ1) is 10.7. The van der Waals surface area contributed by atoms with E-state index >= 15 is 0 Å². The Morgan fingerprint density at radius 3 is 2.76 bits per heavy atom. The molecule has 2 aromatic rings. The van der Waals surface area contributed by atoms with Gasteiger partial charge in [-0.1, -0.05) is 0 Å². The molecule has 0 aromatic carbocycles. The summed E-state index contributed by atoms with van der Waals surface area (Å²) in [6, 6.07) is 2.04. The highest BCUT2D eigenvalue weighted by Crippen LogP contribution is 2.22. The molecule has 0 radical (unpaired) electrons. The first-order valence-corrected chi connectivity index (χ1v) is 6.15. The maximum atomic E-state index is 4.59. The lowest BCUT2D eigenvalue weighted by atomic mass is 9.98. The van der Waals surface area contributed by atoms with Crippen molar-refractivity contribution in [3.63, 3.8) is 0 Å². The zero-order valence-electron chi connectivity index (χ0n) is 10.3. The van der Waals surface area contributed by atoms with Crippen LogP contribution in [0.25, 0.3) is 5.78 Å². The van der Waals surface area contributed by atoms with E-state index in [0.717, 1.165) is 48.9 Å². The van der Waals surface area contributed by atoms with Crippen LogP contribution in [0.5, 0.6) is 0 Å². The van der Waals surface area contributed by atoms with Gasteiger partial charge in [0.1, 0.15) is 0 Å². The lowest BCUT2D eigenvalue weighted by Crippen LogP contribution is -2.27. The summed E-state index contributed by atoms with van der Waals surface area (Å²) in [4.78, 5) is 9.00. The quantitative estimate of drug-likeness (QED) is 0.801. The van der Waals surface area contributed by atoms with Crippen molar-refractivity contribution in [1.82, 2.24) is 24.9 Å². The van der Waals surface area contributed by atoms with Crippen LogP contribution in [0.2, 0.25) is 0 Å². The van der Waals surface area contributed by atoms with Crippen molar-refractivity contribution in [3.8, 4) is 0 Å². The number of rotatable bonds is 1. The van der Waals surface area contributed by atoms with Gasteiger partial charge in [-0.25, -0.2) is 9.50 Å². The molecule has 1 saturated heterocycles. The lowest BCUT2D eigenvalue weighted by Gasteiger charge is -2.19. The first-order valence-electron chi connectivity index (χ1n) is 6.15. The summed E-state index contributed by atoms with van der Waals surface area (Å²) in [6.07, 6.45) is 2.24. The average Bonchev–Trinajstić information content (AvgIpc) is 2.74. The van der Waals surface area contributed by atoms with Gasteiger partial charge in [-0.05, 0) is 45.8 Å². The van der Waals surface area contributed by atoms with Gasteiger partial charge in [0.15, 0.2) is 5.82 Å². The Labute approximate surface area is 100 Å². The maximum absolute atomic E-state index is 4.59. The third kappa shape index (κ3) is 1.91. The molecule has 1 fully saturated rings. The van der Waals surface area contributed by atoms with Gasteiger partial charge in [-0.2, -0.15) is 4.98 Å². The molecule has 1 N–H and O–H groups in total. The number of aryl methyl sites for hydroxylation is 2. The van der Waals surface area contributed by atoms with Crippen molar-refractivity contribution in [1.29, 1.82) is 0 Å². The van der Waals surface area contributed by atoms with E-state index in [1.54, 1.807) is 0 Å². The van der Waals surface area contributed by atoms with E-state index in [9.17, 15) is 0 Å². The van der Waals surface area contributed by atoms with E-state index in [-0.39, 0.29) is 0 Å². The fourth-order valence-electron chi connectivity index (χ4n) is 2.43. The average molecular weight is 231 g/mol. The second-order valence-corrected chi connectivity index (χ2v) is 4.74. The van der Waals surface area contributed by atoms with Gasteiger partial charge in [0.2, 0.25) is 0 Å². The van der Waals surface area contributed by atoms with Crippen LogP contribution in [0, 0.1) is 13.8 Å². The van der Waals surface area contributed by atoms with Crippen LogP contribution in [0.1, 0.15) is 36.0 Å². The van der Waals surface area contributed by atoms with Crippen LogP contribution in [0.4, 0.5) is 0 Å². The highest BCUT2D eigenvalue weighted by molar-refractivity contribution is 5.31. The van der Waals surface area contributed by atoms with Crippen molar-refractivity contribution >= 4 is 5.78 Å². The Bertz CT molecular complexity index is 539. The van der Waals surface area contributed by atoms with Gasteiger partial charge in [-0.3, -0.25) is 0 Å². The predicted molar refractivity (Wildman–Crippen MR) is 65.1 cm³/mol. The number of hydrogen-bond acceptors (Lipinski definition) is 4. The summed E-state index contributed by atoms with van der Waals surface area (Å²) in [5.74, 6) is 2.17. The molecule has 2 aromatic heterocycles. The van der Waals surface area contributed by atoms with Crippen LogP contribution in [0.3, 0.4) is 0 Å². The van der Waals surface area contributed by atoms with Crippen LogP contribution in [-0.2, 0) is 0 Å². The predicted octanol–water partition coefficient (Wildman–Crippen LogP) is 1.21. The molecule has 5 heteroatoms. The molecule has 1 aliphatic heterocycles. The van der Waals surface area contributed by atoms with Gasteiger partial charge < -0.3 is 5.32 Å². The standard InChI is InChI=1S/C12H17N5/c1-8-7-9(2)17-12(14-8)15-11(16-17)10-3-5-13-6-4-10/h7,10,13H,3-6H2,1-2H3. The maximum Gasteiger partial charge on any atom is 0.252 e. The minimum absolute atomic E-state index is 0.484. The Hall–Kier alpha value is -1.49. The summed E-state index contributed by atoms with van der Waals surface area (Å²) in [5, 5.41) is 7.95. The molecule has 0 bridgehead atoms. The van der Waals surface area contributed by atoms with Crippen molar-refractivity contribution in [2.45, 2.75) is 32.6 Å². The Kier molecular flexibility index (Phi) is 2.55. The lowest BCUT2D eigenvalue weighted by molar-refractivity contribution is 0.445. The van der Waals surface area contributed by atoms with E-state index < -0.39 is 0 Å². The summed E-state index contributed by atoms with van der Waals surface area (Å²) in [7, 11) is 0. The third-order valence-electron chi connectivity index (χ3n) is 3.34. The van der Waals surface area contributed by atoms with Crippen molar-refractivity contribution in [2.75, 3.05) is 13.1 Å². The molecule has 5 nitrogen and oxygen atoms in total. The molecule has 90 valence electrons. The zero-order chi connectivity index (χ0) is 11.8. The first-order chi connectivity index (χ1) is 8.24. The molecule has 17 heavy (non-hydrogen) atoms. The number of nitrogens with one attached hydrogen (secondary N) is 1. The third-order valence-corrected chi connectivity index (χ3v) is 3.34. The minimum Gasteiger partial charge on any atom is -0.317 e. The Balaban J connectivity index is 2.03. The van der Waals surface area contributed by atoms with Gasteiger partial charge in [-0.15, -0.1) is 5.10 Å². The van der Waals surface area contributed by atoms with Crippen LogP contribution >= 0.6 is 0 Å². The molecule has 0 aliphatic carbocycles. The highest BCUT2D eigenvalue weighted by atomic mass is 15.3. The van der Waals surface area contributed by atoms with E-state index in [4.69, 9.17) is 0 Å². The number of nitrogens with zero attached hydrogens (tertiary/aromatic N) is 4.